The molecule has 7 nitrogen and oxygen atoms in total. The molecule has 0 spiro atoms. The third kappa shape index (κ3) is 6.90. The van der Waals surface area contributed by atoms with Crippen molar-refractivity contribution in [1.29, 1.82) is 0 Å². The van der Waals surface area contributed by atoms with E-state index < -0.39 is 17.6 Å². The second-order valence-electron chi connectivity index (χ2n) is 9.94. The van der Waals surface area contributed by atoms with Crippen molar-refractivity contribution in [2.24, 2.45) is 5.73 Å². The van der Waals surface area contributed by atoms with Crippen LogP contribution in [0.3, 0.4) is 0 Å². The van der Waals surface area contributed by atoms with Crippen molar-refractivity contribution in [3.05, 3.63) is 88.5 Å². The van der Waals surface area contributed by atoms with E-state index in [2.05, 4.69) is 10.6 Å². The Morgan fingerprint density at radius 2 is 1.77 bits per heavy atom. The third-order valence-electron chi connectivity index (χ3n) is 6.66. The minimum atomic E-state index is -1.10. The highest BCUT2D eigenvalue weighted by Gasteiger charge is 2.31. The molecule has 0 radical (unpaired) electrons. The summed E-state index contributed by atoms with van der Waals surface area (Å²) in [5.74, 6) is 0.155. The minimum Gasteiger partial charge on any atom is -0.476 e. The molecule has 4 rings (SSSR count). The highest BCUT2D eigenvalue weighted by atomic mass is 35.5. The van der Waals surface area contributed by atoms with Crippen molar-refractivity contribution in [3.63, 3.8) is 0 Å². The summed E-state index contributed by atoms with van der Waals surface area (Å²) in [5.41, 5.74) is 8.49. The summed E-state index contributed by atoms with van der Waals surface area (Å²) in [6.07, 6.45) is 2.60. The number of primary amides is 1. The molecule has 0 saturated carbocycles. The first-order chi connectivity index (χ1) is 19.1. The quantitative estimate of drug-likeness (QED) is 0.194. The highest BCUT2D eigenvalue weighted by Crippen LogP contribution is 2.33. The van der Waals surface area contributed by atoms with Gasteiger partial charge in [0.2, 0.25) is 0 Å². The van der Waals surface area contributed by atoms with Crippen molar-refractivity contribution in [3.8, 4) is 16.9 Å². The van der Waals surface area contributed by atoms with Gasteiger partial charge >= 0.3 is 12.0 Å². The number of benzene rings is 3. The van der Waals surface area contributed by atoms with Crippen LogP contribution in [-0.4, -0.2) is 46.8 Å². The van der Waals surface area contributed by atoms with Gasteiger partial charge in [-0.3, -0.25) is 0 Å². The molecule has 0 saturated heterocycles. The summed E-state index contributed by atoms with van der Waals surface area (Å²) >= 11 is 12.6. The fourth-order valence-corrected chi connectivity index (χ4v) is 4.93. The van der Waals surface area contributed by atoms with Crippen LogP contribution in [0.25, 0.3) is 22.0 Å². The Hall–Kier alpha value is -3.68. The fourth-order valence-electron chi connectivity index (χ4n) is 4.52. The molecule has 0 fully saturated rings. The summed E-state index contributed by atoms with van der Waals surface area (Å²) in [4.78, 5) is 26.1. The monoisotopic (exact) mass is 581 g/mol. The van der Waals surface area contributed by atoms with Crippen molar-refractivity contribution in [2.75, 3.05) is 19.7 Å². The number of amides is 2. The molecule has 0 aliphatic heterocycles. The first-order valence-corrected chi connectivity index (χ1v) is 13.9. The standard InChI is InChI=1S/C31H33Cl2N3O4/c1-4-39-29(37)31(2,3)40-24-11-12-27-23(20-24)14-16-35(27)17-18-36(30(34)38)15-13-21-7-5-8-22(19-21)25-9-6-10-26(32)28(25)33/h5-12,14,16,19-20H,4,13,15,17-18H2,1-3H3,(H2,34,38). The molecule has 2 amide bonds. The number of carbonyl (C=O) groups is 2. The maximum atomic E-state index is 12.2. The molecule has 2 N–H and O–H groups in total. The van der Waals surface area contributed by atoms with Gasteiger partial charge < -0.3 is 24.7 Å². The van der Waals surface area contributed by atoms with Gasteiger partial charge in [0.25, 0.3) is 0 Å². The number of hydrogen-bond acceptors (Lipinski definition) is 4. The average Bonchev–Trinajstić information content (AvgIpc) is 3.32. The molecule has 1 aromatic heterocycles. The number of rotatable bonds is 11. The highest BCUT2D eigenvalue weighted by molar-refractivity contribution is 6.43. The van der Waals surface area contributed by atoms with Crippen LogP contribution in [0.4, 0.5) is 4.79 Å². The van der Waals surface area contributed by atoms with Crippen molar-refractivity contribution >= 4 is 46.1 Å². The van der Waals surface area contributed by atoms with Crippen LogP contribution in [-0.2, 0) is 22.5 Å². The molecule has 9 heteroatoms. The molecule has 210 valence electrons. The normalized spacial score (nSPS) is 11.4. The van der Waals surface area contributed by atoms with Crippen molar-refractivity contribution < 1.29 is 19.1 Å². The van der Waals surface area contributed by atoms with Crippen LogP contribution in [0.15, 0.2) is 72.9 Å². The van der Waals surface area contributed by atoms with Gasteiger partial charge in [-0.2, -0.15) is 0 Å². The zero-order chi connectivity index (χ0) is 28.9. The number of nitrogens with zero attached hydrogens (tertiary/aromatic N) is 2. The molecule has 0 unspecified atom stereocenters. The molecular weight excluding hydrogens is 549 g/mol. The Bertz CT molecular complexity index is 1520. The number of esters is 1. The second kappa shape index (κ2) is 12.7. The Morgan fingerprint density at radius 3 is 2.52 bits per heavy atom. The molecule has 0 aliphatic carbocycles. The van der Waals surface area contributed by atoms with Crippen LogP contribution in [0, 0.1) is 0 Å². The molecule has 1 heterocycles. The van der Waals surface area contributed by atoms with Gasteiger partial charge in [-0.05, 0) is 68.7 Å². The second-order valence-corrected chi connectivity index (χ2v) is 10.7. The van der Waals surface area contributed by atoms with Crippen molar-refractivity contribution in [2.45, 2.75) is 39.3 Å². The number of carbonyl (C=O) groups excluding carboxylic acids is 2. The number of nitrogens with two attached hydrogens (primary N) is 1. The zero-order valence-corrected chi connectivity index (χ0v) is 24.3. The lowest BCUT2D eigenvalue weighted by molar-refractivity contribution is -0.158. The topological polar surface area (TPSA) is 86.8 Å². The molecular formula is C31H33Cl2N3O4. The lowest BCUT2D eigenvalue weighted by atomic mass is 10.0. The summed E-state index contributed by atoms with van der Waals surface area (Å²) in [6, 6.07) is 20.7. The van der Waals surface area contributed by atoms with Crippen LogP contribution >= 0.6 is 23.2 Å². The van der Waals surface area contributed by atoms with E-state index in [-0.39, 0.29) is 0 Å². The maximum absolute atomic E-state index is 12.2. The van der Waals surface area contributed by atoms with Gasteiger partial charge in [0.05, 0.1) is 16.7 Å². The predicted molar refractivity (Wildman–Crippen MR) is 160 cm³/mol. The van der Waals surface area contributed by atoms with Gasteiger partial charge in [-0.25, -0.2) is 9.59 Å². The fraction of sp³-hybridized carbons (Fsp3) is 0.290. The molecule has 0 atom stereocenters. The van der Waals surface area contributed by atoms with Crippen LogP contribution in [0.2, 0.25) is 10.0 Å². The maximum Gasteiger partial charge on any atom is 0.349 e. The van der Waals surface area contributed by atoms with Crippen LogP contribution in [0.1, 0.15) is 26.3 Å². The van der Waals surface area contributed by atoms with Gasteiger partial charge in [0, 0.05) is 42.3 Å². The van der Waals surface area contributed by atoms with Crippen molar-refractivity contribution in [1.82, 2.24) is 9.47 Å². The van der Waals surface area contributed by atoms with E-state index in [1.54, 1.807) is 31.7 Å². The van der Waals surface area contributed by atoms with Gasteiger partial charge in [0.15, 0.2) is 5.60 Å². The zero-order valence-electron chi connectivity index (χ0n) is 22.8. The van der Waals surface area contributed by atoms with Gasteiger partial charge in [-0.1, -0.05) is 59.6 Å². The molecule has 4 aromatic rings. The summed E-state index contributed by atoms with van der Waals surface area (Å²) < 4.78 is 13.1. The van der Waals surface area contributed by atoms with E-state index in [0.29, 0.717) is 48.5 Å². The lowest BCUT2D eigenvalue weighted by Gasteiger charge is -2.24. The molecule has 40 heavy (non-hydrogen) atoms. The number of urea groups is 1. The third-order valence-corrected chi connectivity index (χ3v) is 7.48. The van der Waals surface area contributed by atoms with E-state index in [0.717, 1.165) is 27.6 Å². The van der Waals surface area contributed by atoms with Gasteiger partial charge in [0.1, 0.15) is 5.75 Å². The van der Waals surface area contributed by atoms with Crippen LogP contribution in [0.5, 0.6) is 5.75 Å². The van der Waals surface area contributed by atoms with E-state index in [4.69, 9.17) is 38.4 Å². The molecule has 3 aromatic carbocycles. The van der Waals surface area contributed by atoms with Gasteiger partial charge in [-0.15, -0.1) is 0 Å². The van der Waals surface area contributed by atoms with E-state index >= 15 is 0 Å². The van der Waals surface area contributed by atoms with E-state index in [9.17, 15) is 9.59 Å². The summed E-state index contributed by atoms with van der Waals surface area (Å²) in [6.45, 7) is 6.91. The van der Waals surface area contributed by atoms with E-state index in [1.165, 1.54) is 0 Å². The average molecular weight is 583 g/mol. The first-order valence-electron chi connectivity index (χ1n) is 13.1. The largest absolute Gasteiger partial charge is 0.476 e. The predicted octanol–water partition coefficient (Wildman–Crippen LogP) is 6.96. The number of ether oxygens (including phenoxy) is 2. The Morgan fingerprint density at radius 1 is 1.00 bits per heavy atom. The first kappa shape index (κ1) is 29.3. The Kier molecular flexibility index (Phi) is 9.28. The van der Waals surface area contributed by atoms with Crippen LogP contribution < -0.4 is 10.5 Å². The SMILES string of the molecule is CCOC(=O)C(C)(C)Oc1ccc2c(ccn2CCN(CCc2cccc(-c3cccc(Cl)c3Cl)c2)C(N)=O)c1. The number of fused-ring (bicyclic) bond motifs is 1. The Balaban J connectivity index is 1.40. The molecule has 0 aliphatic rings. The number of halogens is 2. The lowest BCUT2D eigenvalue weighted by Crippen LogP contribution is -2.39. The minimum absolute atomic E-state index is 0.292. The number of hydrogen-bond donors (Lipinski definition) is 1. The summed E-state index contributed by atoms with van der Waals surface area (Å²) in [7, 11) is 0. The molecule has 0 bridgehead atoms. The summed E-state index contributed by atoms with van der Waals surface area (Å²) in [5, 5.41) is 1.98. The smallest absolute Gasteiger partial charge is 0.349 e. The Labute approximate surface area is 244 Å². The number of aromatic nitrogens is 1. The van der Waals surface area contributed by atoms with E-state index in [1.807, 2.05) is 60.8 Å².